The molecule has 0 spiro atoms. The Bertz CT molecular complexity index is 475. The molecule has 4 heteroatoms. The molecule has 0 aliphatic carbocycles. The number of nitrogens with zero attached hydrogens (tertiary/aromatic N) is 1. The number of carbonyl (C=O) groups excluding carboxylic acids is 1. The third kappa shape index (κ3) is 0.951. The van der Waals surface area contributed by atoms with Crippen LogP contribution in [0.15, 0.2) is 11.4 Å². The first-order valence-corrected chi connectivity index (χ1v) is 4.91. The van der Waals surface area contributed by atoms with E-state index in [2.05, 4.69) is 6.07 Å². The molecule has 2 aromatic rings. The van der Waals surface area contributed by atoms with E-state index in [4.69, 9.17) is 5.26 Å². The molecular weight excluding hydrogens is 190 g/mol. The predicted molar refractivity (Wildman–Crippen MR) is 49.8 cm³/mol. The Morgan fingerprint density at radius 2 is 2.42 bits per heavy atom. The lowest BCUT2D eigenvalue weighted by molar-refractivity contribution is 0.112. The molecule has 2 aromatic heterocycles. The van der Waals surface area contributed by atoms with Crippen molar-refractivity contribution in [1.29, 1.82) is 5.26 Å². The molecule has 0 unspecified atom stereocenters. The zero-order valence-electron chi connectivity index (χ0n) is 5.90. The van der Waals surface area contributed by atoms with Crippen molar-refractivity contribution in [1.82, 2.24) is 0 Å². The highest BCUT2D eigenvalue weighted by molar-refractivity contribution is 7.38. The lowest BCUT2D eigenvalue weighted by atomic mass is 10.2. The van der Waals surface area contributed by atoms with Crippen LogP contribution in [0.2, 0.25) is 0 Å². The minimum absolute atomic E-state index is 0.666. The van der Waals surface area contributed by atoms with Gasteiger partial charge in [0.1, 0.15) is 6.07 Å². The monoisotopic (exact) mass is 193 g/mol. The second-order valence-corrected chi connectivity index (χ2v) is 4.45. The molecule has 0 atom stereocenters. The molecule has 12 heavy (non-hydrogen) atoms. The van der Waals surface area contributed by atoms with Gasteiger partial charge in [-0.2, -0.15) is 5.26 Å². The maximum Gasteiger partial charge on any atom is 0.160 e. The molecule has 0 aliphatic heterocycles. The van der Waals surface area contributed by atoms with Crippen molar-refractivity contribution >= 4 is 38.4 Å². The Morgan fingerprint density at radius 3 is 3.08 bits per heavy atom. The van der Waals surface area contributed by atoms with Gasteiger partial charge in [-0.15, -0.1) is 22.7 Å². The largest absolute Gasteiger partial charge is 0.297 e. The SMILES string of the molecule is N#Cc1csc2sc(C=O)cc12. The second-order valence-electron chi connectivity index (χ2n) is 2.23. The molecule has 0 N–H and O–H groups in total. The summed E-state index contributed by atoms with van der Waals surface area (Å²) in [7, 11) is 0. The van der Waals surface area contributed by atoms with Gasteiger partial charge in [-0.1, -0.05) is 0 Å². The maximum atomic E-state index is 10.4. The van der Waals surface area contributed by atoms with Crippen molar-refractivity contribution in [2.75, 3.05) is 0 Å². The van der Waals surface area contributed by atoms with Crippen molar-refractivity contribution in [3.05, 3.63) is 21.9 Å². The summed E-state index contributed by atoms with van der Waals surface area (Å²) in [4.78, 5) is 11.1. The van der Waals surface area contributed by atoms with Crippen LogP contribution in [0.4, 0.5) is 0 Å². The zero-order chi connectivity index (χ0) is 8.55. The van der Waals surface area contributed by atoms with Crippen LogP contribution in [0.25, 0.3) is 9.40 Å². The topological polar surface area (TPSA) is 40.9 Å². The van der Waals surface area contributed by atoms with Crippen molar-refractivity contribution in [2.45, 2.75) is 0 Å². The van der Waals surface area contributed by atoms with Crippen molar-refractivity contribution in [2.24, 2.45) is 0 Å². The molecule has 0 saturated carbocycles. The van der Waals surface area contributed by atoms with Gasteiger partial charge in [-0.25, -0.2) is 0 Å². The first-order valence-electron chi connectivity index (χ1n) is 3.21. The first kappa shape index (κ1) is 7.47. The van der Waals surface area contributed by atoms with E-state index in [1.54, 1.807) is 6.07 Å². The minimum Gasteiger partial charge on any atom is -0.297 e. The molecule has 0 aliphatic rings. The Hall–Kier alpha value is -1.18. The van der Waals surface area contributed by atoms with E-state index in [9.17, 15) is 4.79 Å². The van der Waals surface area contributed by atoms with Gasteiger partial charge in [0, 0.05) is 10.8 Å². The number of hydrogen-bond acceptors (Lipinski definition) is 4. The van der Waals surface area contributed by atoms with Crippen LogP contribution in [-0.4, -0.2) is 6.29 Å². The van der Waals surface area contributed by atoms with E-state index >= 15 is 0 Å². The fourth-order valence-corrected chi connectivity index (χ4v) is 3.03. The number of thiophene rings is 2. The fraction of sp³-hybridized carbons (Fsp3) is 0. The number of fused-ring (bicyclic) bond motifs is 1. The summed E-state index contributed by atoms with van der Waals surface area (Å²) in [6, 6.07) is 3.85. The number of nitriles is 1. The zero-order valence-corrected chi connectivity index (χ0v) is 7.54. The summed E-state index contributed by atoms with van der Waals surface area (Å²) >= 11 is 2.94. The molecule has 0 fully saturated rings. The molecule has 2 rings (SSSR count). The molecule has 2 nitrogen and oxygen atoms in total. The van der Waals surface area contributed by atoms with E-state index in [0.29, 0.717) is 10.4 Å². The average Bonchev–Trinajstić information content (AvgIpc) is 2.61. The van der Waals surface area contributed by atoms with Gasteiger partial charge in [-0.05, 0) is 6.07 Å². The van der Waals surface area contributed by atoms with E-state index in [-0.39, 0.29) is 0 Å². The lowest BCUT2D eigenvalue weighted by Gasteiger charge is -1.74. The summed E-state index contributed by atoms with van der Waals surface area (Å²) in [5.74, 6) is 0. The van der Waals surface area contributed by atoms with E-state index < -0.39 is 0 Å². The molecule has 0 radical (unpaired) electrons. The highest BCUT2D eigenvalue weighted by atomic mass is 32.2. The van der Waals surface area contributed by atoms with E-state index in [1.165, 1.54) is 22.7 Å². The normalized spacial score (nSPS) is 9.92. The predicted octanol–water partition coefficient (Wildman–Crippen LogP) is 2.65. The summed E-state index contributed by atoms with van der Waals surface area (Å²) in [6.45, 7) is 0. The third-order valence-corrected chi connectivity index (χ3v) is 3.71. The van der Waals surface area contributed by atoms with Crippen LogP contribution in [-0.2, 0) is 0 Å². The number of aldehydes is 1. The van der Waals surface area contributed by atoms with Gasteiger partial charge < -0.3 is 0 Å². The Kier molecular flexibility index (Phi) is 1.68. The van der Waals surface area contributed by atoms with Gasteiger partial charge in [0.15, 0.2) is 6.29 Å². The lowest BCUT2D eigenvalue weighted by Crippen LogP contribution is -1.66. The van der Waals surface area contributed by atoms with Crippen LogP contribution >= 0.6 is 22.7 Å². The van der Waals surface area contributed by atoms with Gasteiger partial charge >= 0.3 is 0 Å². The standard InChI is InChI=1S/C8H3NOS2/c9-2-5-4-11-8-7(5)1-6(3-10)12-8/h1,3-4H. The minimum atomic E-state index is 0.666. The second kappa shape index (κ2) is 2.70. The fourth-order valence-electron chi connectivity index (χ4n) is 0.988. The number of hydrogen-bond donors (Lipinski definition) is 0. The quantitative estimate of drug-likeness (QED) is 0.653. The van der Waals surface area contributed by atoms with E-state index in [1.807, 2.05) is 5.38 Å². The number of carbonyl (C=O) groups is 1. The third-order valence-electron chi connectivity index (χ3n) is 1.53. The van der Waals surface area contributed by atoms with Gasteiger partial charge in [0.25, 0.3) is 0 Å². The van der Waals surface area contributed by atoms with Gasteiger partial charge in [0.2, 0.25) is 0 Å². The molecule has 0 saturated heterocycles. The molecule has 0 bridgehead atoms. The smallest absolute Gasteiger partial charge is 0.160 e. The van der Waals surface area contributed by atoms with E-state index in [0.717, 1.165) is 15.7 Å². The summed E-state index contributed by atoms with van der Waals surface area (Å²) in [6.07, 6.45) is 0.818. The van der Waals surface area contributed by atoms with Crippen molar-refractivity contribution < 1.29 is 4.79 Å². The molecule has 58 valence electrons. The Morgan fingerprint density at radius 1 is 1.58 bits per heavy atom. The van der Waals surface area contributed by atoms with Gasteiger partial charge in [0.05, 0.1) is 14.5 Å². The van der Waals surface area contributed by atoms with Crippen molar-refractivity contribution in [3.63, 3.8) is 0 Å². The first-order chi connectivity index (χ1) is 5.85. The highest BCUT2D eigenvalue weighted by Gasteiger charge is 2.07. The Balaban J connectivity index is 2.78. The van der Waals surface area contributed by atoms with Crippen LogP contribution in [0.3, 0.4) is 0 Å². The van der Waals surface area contributed by atoms with Gasteiger partial charge in [-0.3, -0.25) is 4.79 Å². The summed E-state index contributed by atoms with van der Waals surface area (Å²) in [5.41, 5.74) is 0.666. The molecule has 0 aromatic carbocycles. The average molecular weight is 193 g/mol. The van der Waals surface area contributed by atoms with Crippen LogP contribution < -0.4 is 0 Å². The summed E-state index contributed by atoms with van der Waals surface area (Å²) in [5, 5.41) is 11.4. The van der Waals surface area contributed by atoms with Crippen LogP contribution in [0.1, 0.15) is 15.2 Å². The number of rotatable bonds is 1. The summed E-state index contributed by atoms with van der Waals surface area (Å²) < 4.78 is 1.05. The molecule has 0 amide bonds. The highest BCUT2D eigenvalue weighted by Crippen LogP contribution is 2.32. The van der Waals surface area contributed by atoms with Crippen molar-refractivity contribution in [3.8, 4) is 6.07 Å². The van der Waals surface area contributed by atoms with Crippen LogP contribution in [0.5, 0.6) is 0 Å². The van der Waals surface area contributed by atoms with Crippen LogP contribution in [0, 0.1) is 11.3 Å². The Labute approximate surface area is 76.7 Å². The maximum absolute atomic E-state index is 10.4. The molecular formula is C8H3NOS2. The molecule has 2 heterocycles.